The Labute approximate surface area is 131 Å². The van der Waals surface area contributed by atoms with Crippen molar-refractivity contribution in [2.24, 2.45) is 0 Å². The highest BCUT2D eigenvalue weighted by Crippen LogP contribution is 2.16. The van der Waals surface area contributed by atoms with Crippen LogP contribution in [-0.2, 0) is 12.8 Å². The molecule has 0 heterocycles. The van der Waals surface area contributed by atoms with Gasteiger partial charge in [-0.05, 0) is 55.2 Å². The Morgan fingerprint density at radius 1 is 1.23 bits per heavy atom. The zero-order chi connectivity index (χ0) is 16.5. The highest BCUT2D eigenvalue weighted by Gasteiger charge is 2.03. The fraction of sp³-hybridized carbons (Fsp3) is 0.263. The van der Waals surface area contributed by atoms with E-state index in [0.717, 1.165) is 6.42 Å². The molecule has 0 aliphatic heterocycles. The summed E-state index contributed by atoms with van der Waals surface area (Å²) < 4.78 is 0. The normalized spacial score (nSPS) is 9.36. The Morgan fingerprint density at radius 2 is 1.91 bits per heavy atom. The van der Waals surface area contributed by atoms with Gasteiger partial charge in [-0.15, -0.1) is 0 Å². The minimum atomic E-state index is -0.116. The lowest BCUT2D eigenvalue weighted by molar-refractivity contribution is 0.101. The molecular formula is C19H21NO2. The fourth-order valence-corrected chi connectivity index (χ4v) is 2.08. The van der Waals surface area contributed by atoms with E-state index in [9.17, 15) is 9.90 Å². The molecule has 0 saturated heterocycles. The van der Waals surface area contributed by atoms with Gasteiger partial charge in [-0.2, -0.15) is 5.26 Å². The van der Waals surface area contributed by atoms with Crippen molar-refractivity contribution in [3.05, 3.63) is 64.7 Å². The van der Waals surface area contributed by atoms with E-state index in [1.807, 2.05) is 6.07 Å². The van der Waals surface area contributed by atoms with Crippen LogP contribution in [0.25, 0.3) is 0 Å². The highest BCUT2D eigenvalue weighted by atomic mass is 16.3. The molecule has 2 aromatic carbocycles. The van der Waals surface area contributed by atoms with Crippen LogP contribution in [0.5, 0.6) is 5.75 Å². The van der Waals surface area contributed by atoms with E-state index in [1.165, 1.54) is 30.2 Å². The van der Waals surface area contributed by atoms with Crippen LogP contribution in [0.15, 0.2) is 42.5 Å². The predicted octanol–water partition coefficient (Wildman–Crippen LogP) is 4.22. The van der Waals surface area contributed by atoms with Crippen LogP contribution >= 0.6 is 0 Å². The monoisotopic (exact) mass is 295 g/mol. The fourth-order valence-electron chi connectivity index (χ4n) is 2.08. The Bertz CT molecular complexity index is 684. The van der Waals surface area contributed by atoms with E-state index < -0.39 is 0 Å². The summed E-state index contributed by atoms with van der Waals surface area (Å²) in [6.07, 6.45) is 1.35. The summed E-state index contributed by atoms with van der Waals surface area (Å²) >= 11 is 0. The Balaban J connectivity index is 0.000000235. The van der Waals surface area contributed by atoms with Gasteiger partial charge in [0, 0.05) is 5.56 Å². The summed E-state index contributed by atoms with van der Waals surface area (Å²) in [6.45, 7) is 5.76. The molecule has 1 N–H and O–H groups in total. The number of aryl methyl sites for hydroxylation is 2. The molecule has 0 aliphatic rings. The summed E-state index contributed by atoms with van der Waals surface area (Å²) in [7, 11) is 0. The number of hydrogen-bond acceptors (Lipinski definition) is 3. The number of ketones is 1. The van der Waals surface area contributed by atoms with Crippen molar-refractivity contribution >= 4 is 5.78 Å². The number of rotatable bonds is 3. The molecular weight excluding hydrogens is 274 g/mol. The lowest BCUT2D eigenvalue weighted by atomic mass is 10.1. The molecule has 3 nitrogen and oxygen atoms in total. The average Bonchev–Trinajstić information content (AvgIpc) is 2.48. The first-order valence-electron chi connectivity index (χ1n) is 7.23. The van der Waals surface area contributed by atoms with E-state index in [2.05, 4.69) is 38.1 Å². The molecule has 0 aromatic heterocycles. The molecule has 0 radical (unpaired) electrons. The van der Waals surface area contributed by atoms with E-state index in [4.69, 9.17) is 5.26 Å². The van der Waals surface area contributed by atoms with Crippen LogP contribution < -0.4 is 0 Å². The van der Waals surface area contributed by atoms with E-state index in [0.29, 0.717) is 11.1 Å². The highest BCUT2D eigenvalue weighted by molar-refractivity contribution is 5.94. The largest absolute Gasteiger partial charge is 0.508 e. The molecule has 2 rings (SSSR count). The third-order valence-electron chi connectivity index (χ3n) is 3.31. The smallest absolute Gasteiger partial charge is 0.159 e. The quantitative estimate of drug-likeness (QED) is 0.862. The van der Waals surface area contributed by atoms with Crippen molar-refractivity contribution in [2.75, 3.05) is 0 Å². The number of nitriles is 1. The van der Waals surface area contributed by atoms with Gasteiger partial charge in [-0.25, -0.2) is 0 Å². The van der Waals surface area contributed by atoms with Crippen molar-refractivity contribution in [1.29, 1.82) is 5.26 Å². The van der Waals surface area contributed by atoms with Crippen molar-refractivity contribution in [1.82, 2.24) is 0 Å². The van der Waals surface area contributed by atoms with Gasteiger partial charge in [0.1, 0.15) is 5.75 Å². The molecule has 2 aromatic rings. The van der Waals surface area contributed by atoms with Crippen LogP contribution in [0.2, 0.25) is 0 Å². The van der Waals surface area contributed by atoms with Gasteiger partial charge in [0.2, 0.25) is 0 Å². The lowest BCUT2D eigenvalue weighted by Crippen LogP contribution is -1.93. The number of phenolic OH excluding ortho intramolecular Hbond substituents is 1. The number of benzene rings is 2. The van der Waals surface area contributed by atoms with Gasteiger partial charge in [-0.3, -0.25) is 4.79 Å². The molecule has 114 valence electrons. The van der Waals surface area contributed by atoms with E-state index >= 15 is 0 Å². The van der Waals surface area contributed by atoms with Crippen LogP contribution in [0.4, 0.5) is 0 Å². The lowest BCUT2D eigenvalue weighted by Gasteiger charge is -2.00. The number of Topliss-reactive ketones (excluding diaryl/α,β-unsaturated/α-hetero) is 1. The standard InChI is InChI=1S/C10H9NO2.C9H12/c1-7(12)9-4-8(2-3-11)5-10(13)6-9;1-3-9-7-5-4-6-8(9)2/h4-6,13H,2H2,1H3;4-7H,3H2,1-2H3. The van der Waals surface area contributed by atoms with Gasteiger partial charge in [0.25, 0.3) is 0 Å². The molecule has 0 bridgehead atoms. The summed E-state index contributed by atoms with van der Waals surface area (Å²) in [4.78, 5) is 11.0. The van der Waals surface area contributed by atoms with Gasteiger partial charge in [-0.1, -0.05) is 31.2 Å². The summed E-state index contributed by atoms with van der Waals surface area (Å²) in [6, 6.07) is 14.9. The maximum Gasteiger partial charge on any atom is 0.159 e. The van der Waals surface area contributed by atoms with Crippen LogP contribution in [-0.4, -0.2) is 10.9 Å². The zero-order valence-corrected chi connectivity index (χ0v) is 13.3. The minimum Gasteiger partial charge on any atom is -0.508 e. The van der Waals surface area contributed by atoms with Crippen LogP contribution in [0, 0.1) is 18.3 Å². The van der Waals surface area contributed by atoms with Gasteiger partial charge in [0.15, 0.2) is 5.78 Å². The summed E-state index contributed by atoms with van der Waals surface area (Å²) in [5.74, 6) is -0.0898. The number of hydrogen-bond donors (Lipinski definition) is 1. The number of nitrogens with zero attached hydrogens (tertiary/aromatic N) is 1. The van der Waals surface area contributed by atoms with E-state index in [-0.39, 0.29) is 18.0 Å². The van der Waals surface area contributed by atoms with Crippen LogP contribution in [0.1, 0.15) is 40.9 Å². The van der Waals surface area contributed by atoms with Gasteiger partial charge in [0.05, 0.1) is 12.5 Å². The Hall–Kier alpha value is -2.60. The Morgan fingerprint density at radius 3 is 2.41 bits per heavy atom. The molecule has 3 heteroatoms. The number of carbonyl (C=O) groups is 1. The first kappa shape index (κ1) is 17.5. The first-order valence-corrected chi connectivity index (χ1v) is 7.23. The topological polar surface area (TPSA) is 61.1 Å². The number of carbonyl (C=O) groups excluding carboxylic acids is 1. The van der Waals surface area contributed by atoms with Crippen molar-refractivity contribution in [3.63, 3.8) is 0 Å². The molecule has 0 spiro atoms. The van der Waals surface area contributed by atoms with Crippen molar-refractivity contribution in [2.45, 2.75) is 33.6 Å². The molecule has 0 amide bonds. The molecule has 0 aliphatic carbocycles. The summed E-state index contributed by atoms with van der Waals surface area (Å²) in [5, 5.41) is 17.6. The first-order chi connectivity index (χ1) is 10.5. The second kappa shape index (κ2) is 8.63. The zero-order valence-electron chi connectivity index (χ0n) is 13.3. The van der Waals surface area contributed by atoms with Crippen molar-refractivity contribution in [3.8, 4) is 11.8 Å². The molecule has 0 atom stereocenters. The second-order valence-corrected chi connectivity index (χ2v) is 5.06. The third kappa shape index (κ3) is 5.41. The van der Waals surface area contributed by atoms with Gasteiger partial charge < -0.3 is 5.11 Å². The minimum absolute atomic E-state index is 0.0259. The third-order valence-corrected chi connectivity index (χ3v) is 3.31. The van der Waals surface area contributed by atoms with Crippen molar-refractivity contribution < 1.29 is 9.90 Å². The average molecular weight is 295 g/mol. The Kier molecular flexibility index (Phi) is 6.85. The van der Waals surface area contributed by atoms with Crippen LogP contribution in [0.3, 0.4) is 0 Å². The summed E-state index contributed by atoms with van der Waals surface area (Å²) in [5.41, 5.74) is 3.95. The maximum absolute atomic E-state index is 11.0. The number of phenols is 1. The predicted molar refractivity (Wildman–Crippen MR) is 88.0 cm³/mol. The SMILES string of the molecule is CC(=O)c1cc(O)cc(CC#N)c1.CCc1ccccc1C. The molecule has 0 unspecified atom stereocenters. The molecule has 0 fully saturated rings. The maximum atomic E-state index is 11.0. The second-order valence-electron chi connectivity index (χ2n) is 5.06. The molecule has 0 saturated carbocycles. The van der Waals surface area contributed by atoms with E-state index in [1.54, 1.807) is 6.07 Å². The molecule has 22 heavy (non-hydrogen) atoms. The van der Waals surface area contributed by atoms with Gasteiger partial charge >= 0.3 is 0 Å². The number of aromatic hydroxyl groups is 1.